The molecule has 166 valence electrons. The van der Waals surface area contributed by atoms with Gasteiger partial charge in [-0.15, -0.1) is 0 Å². The smallest absolute Gasteiger partial charge is 0.220 e. The fourth-order valence-electron chi connectivity index (χ4n) is 3.92. The summed E-state index contributed by atoms with van der Waals surface area (Å²) in [6, 6.07) is 0. The summed E-state index contributed by atoms with van der Waals surface area (Å²) in [4.78, 5) is 14.2. The molecule has 0 bridgehead atoms. The Kier molecular flexibility index (Phi) is 17.9. The van der Waals surface area contributed by atoms with Gasteiger partial charge >= 0.3 is 0 Å². The van der Waals surface area contributed by atoms with E-state index >= 15 is 0 Å². The molecular weight excluding hydrogens is 348 g/mol. The monoisotopic (exact) mass is 396 g/mol. The van der Waals surface area contributed by atoms with Crippen molar-refractivity contribution in [3.63, 3.8) is 0 Å². The Morgan fingerprint density at radius 2 is 1.21 bits per heavy atom. The van der Waals surface area contributed by atoms with Crippen LogP contribution >= 0.6 is 0 Å². The van der Waals surface area contributed by atoms with Crippen molar-refractivity contribution in [3.05, 3.63) is 0 Å². The van der Waals surface area contributed by atoms with Crippen LogP contribution in [-0.4, -0.2) is 50.2 Å². The highest BCUT2D eigenvalue weighted by molar-refractivity contribution is 5.75. The number of nitrogens with zero attached hydrogens (tertiary/aromatic N) is 1. The molecule has 0 spiro atoms. The van der Waals surface area contributed by atoms with Crippen LogP contribution in [0.15, 0.2) is 0 Å². The van der Waals surface area contributed by atoms with E-state index in [4.69, 9.17) is 4.74 Å². The minimum Gasteiger partial charge on any atom is -0.379 e. The number of carbonyl (C=O) groups excluding carboxylic acids is 1. The minimum atomic E-state index is 0.225. The normalized spacial score (nSPS) is 15.0. The van der Waals surface area contributed by atoms with Crippen LogP contribution in [0.1, 0.15) is 110 Å². The van der Waals surface area contributed by atoms with E-state index in [1.54, 1.807) is 0 Å². The average molecular weight is 397 g/mol. The van der Waals surface area contributed by atoms with Crippen LogP contribution in [-0.2, 0) is 9.53 Å². The first-order valence-corrected chi connectivity index (χ1v) is 12.4. The molecular formula is C24H48N2O2. The van der Waals surface area contributed by atoms with Crippen LogP contribution in [0.2, 0.25) is 0 Å². The van der Waals surface area contributed by atoms with E-state index in [0.717, 1.165) is 45.8 Å². The first-order chi connectivity index (χ1) is 13.8. The quantitative estimate of drug-likeness (QED) is 0.285. The maximum Gasteiger partial charge on any atom is 0.220 e. The number of rotatable bonds is 19. The van der Waals surface area contributed by atoms with E-state index in [2.05, 4.69) is 17.1 Å². The van der Waals surface area contributed by atoms with E-state index in [0.29, 0.717) is 6.42 Å². The lowest BCUT2D eigenvalue weighted by Crippen LogP contribution is -2.41. The summed E-state index contributed by atoms with van der Waals surface area (Å²) < 4.78 is 5.34. The Balaban J connectivity index is 1.72. The van der Waals surface area contributed by atoms with Gasteiger partial charge in [0.25, 0.3) is 0 Å². The Morgan fingerprint density at radius 1 is 0.750 bits per heavy atom. The van der Waals surface area contributed by atoms with E-state index in [-0.39, 0.29) is 5.91 Å². The molecule has 0 aromatic rings. The van der Waals surface area contributed by atoms with Gasteiger partial charge in [0.1, 0.15) is 0 Å². The van der Waals surface area contributed by atoms with Gasteiger partial charge in [-0.3, -0.25) is 9.69 Å². The van der Waals surface area contributed by atoms with Gasteiger partial charge in [-0.1, -0.05) is 96.8 Å². The van der Waals surface area contributed by atoms with Crippen LogP contribution in [0, 0.1) is 0 Å². The molecule has 0 aliphatic carbocycles. The standard InChI is InChI=1S/C24H48N2O2/c1-2-3-4-5-6-7-8-9-10-11-12-13-14-15-16-17-24(27)25-18-19-26-20-22-28-23-21-26/h2-23H2,1H3,(H,25,27). The Morgan fingerprint density at radius 3 is 1.71 bits per heavy atom. The number of nitrogens with one attached hydrogen (secondary N) is 1. The van der Waals surface area contributed by atoms with Crippen molar-refractivity contribution in [1.29, 1.82) is 0 Å². The number of amides is 1. The Hall–Kier alpha value is -0.610. The second-order valence-corrected chi connectivity index (χ2v) is 8.50. The predicted octanol–water partition coefficient (Wildman–Crippen LogP) is 5.70. The molecule has 28 heavy (non-hydrogen) atoms. The maximum absolute atomic E-state index is 11.9. The minimum absolute atomic E-state index is 0.225. The molecule has 1 N–H and O–H groups in total. The van der Waals surface area contributed by atoms with Gasteiger partial charge in [0.15, 0.2) is 0 Å². The SMILES string of the molecule is CCCCCCCCCCCCCCCCCC(=O)NCCN1CCOCC1. The number of ether oxygens (including phenoxy) is 1. The molecule has 0 aromatic carbocycles. The van der Waals surface area contributed by atoms with Crippen LogP contribution in [0.5, 0.6) is 0 Å². The molecule has 4 heteroatoms. The van der Waals surface area contributed by atoms with Gasteiger partial charge in [0.05, 0.1) is 13.2 Å². The van der Waals surface area contributed by atoms with E-state index in [9.17, 15) is 4.79 Å². The topological polar surface area (TPSA) is 41.6 Å². The lowest BCUT2D eigenvalue weighted by Gasteiger charge is -2.26. The number of hydrogen-bond acceptors (Lipinski definition) is 3. The van der Waals surface area contributed by atoms with Crippen LogP contribution < -0.4 is 5.32 Å². The van der Waals surface area contributed by atoms with Gasteiger partial charge in [-0.2, -0.15) is 0 Å². The zero-order valence-electron chi connectivity index (χ0n) is 18.8. The Bertz CT molecular complexity index is 343. The number of unbranched alkanes of at least 4 members (excludes halogenated alkanes) is 14. The third kappa shape index (κ3) is 16.4. The van der Waals surface area contributed by atoms with Crippen molar-refractivity contribution in [2.24, 2.45) is 0 Å². The fourth-order valence-corrected chi connectivity index (χ4v) is 3.92. The molecule has 1 fully saturated rings. The molecule has 1 rings (SSSR count). The molecule has 1 saturated heterocycles. The third-order valence-corrected chi connectivity index (χ3v) is 5.86. The number of morpholine rings is 1. The molecule has 0 unspecified atom stereocenters. The molecule has 0 aromatic heterocycles. The van der Waals surface area contributed by atoms with Crippen molar-refractivity contribution >= 4 is 5.91 Å². The van der Waals surface area contributed by atoms with Gasteiger partial charge < -0.3 is 10.1 Å². The maximum atomic E-state index is 11.9. The van der Waals surface area contributed by atoms with Crippen LogP contribution in [0.4, 0.5) is 0 Å². The molecule has 0 saturated carbocycles. The fraction of sp³-hybridized carbons (Fsp3) is 0.958. The summed E-state index contributed by atoms with van der Waals surface area (Å²) in [5.74, 6) is 0.225. The summed E-state index contributed by atoms with van der Waals surface area (Å²) in [5, 5.41) is 3.06. The zero-order chi connectivity index (χ0) is 20.1. The molecule has 1 heterocycles. The summed E-state index contributed by atoms with van der Waals surface area (Å²) in [7, 11) is 0. The number of hydrogen-bond donors (Lipinski definition) is 1. The first kappa shape index (κ1) is 25.4. The number of carbonyl (C=O) groups is 1. The molecule has 0 radical (unpaired) electrons. The van der Waals surface area contributed by atoms with E-state index in [1.807, 2.05) is 0 Å². The molecule has 0 atom stereocenters. The van der Waals surface area contributed by atoms with Crippen molar-refractivity contribution < 1.29 is 9.53 Å². The van der Waals surface area contributed by atoms with Gasteiger partial charge in [0.2, 0.25) is 5.91 Å². The predicted molar refractivity (Wildman–Crippen MR) is 120 cm³/mol. The largest absolute Gasteiger partial charge is 0.379 e. The van der Waals surface area contributed by atoms with Gasteiger partial charge in [0, 0.05) is 32.6 Å². The van der Waals surface area contributed by atoms with Crippen LogP contribution in [0.25, 0.3) is 0 Å². The average Bonchev–Trinajstić information content (AvgIpc) is 2.71. The van der Waals surface area contributed by atoms with E-state index < -0.39 is 0 Å². The van der Waals surface area contributed by atoms with E-state index in [1.165, 1.54) is 89.9 Å². The highest BCUT2D eigenvalue weighted by atomic mass is 16.5. The van der Waals surface area contributed by atoms with Gasteiger partial charge in [-0.25, -0.2) is 0 Å². The summed E-state index contributed by atoms with van der Waals surface area (Å²) >= 11 is 0. The third-order valence-electron chi connectivity index (χ3n) is 5.86. The zero-order valence-corrected chi connectivity index (χ0v) is 18.8. The summed E-state index contributed by atoms with van der Waals surface area (Å²) in [6.07, 6.45) is 21.2. The second-order valence-electron chi connectivity index (χ2n) is 8.50. The lowest BCUT2D eigenvalue weighted by molar-refractivity contribution is -0.121. The lowest BCUT2D eigenvalue weighted by atomic mass is 10.0. The Labute approximate surface area is 175 Å². The van der Waals surface area contributed by atoms with Gasteiger partial charge in [-0.05, 0) is 6.42 Å². The molecule has 1 aliphatic rings. The molecule has 4 nitrogen and oxygen atoms in total. The first-order valence-electron chi connectivity index (χ1n) is 12.4. The van der Waals surface area contributed by atoms with Crippen molar-refractivity contribution in [2.45, 2.75) is 110 Å². The summed E-state index contributed by atoms with van der Waals surface area (Å²) in [5.41, 5.74) is 0. The molecule has 1 amide bonds. The highest BCUT2D eigenvalue weighted by Crippen LogP contribution is 2.13. The van der Waals surface area contributed by atoms with Crippen molar-refractivity contribution in [3.8, 4) is 0 Å². The van der Waals surface area contributed by atoms with Crippen molar-refractivity contribution in [1.82, 2.24) is 10.2 Å². The second kappa shape index (κ2) is 19.7. The molecule has 1 aliphatic heterocycles. The summed E-state index contributed by atoms with van der Waals surface area (Å²) in [6.45, 7) is 7.65. The van der Waals surface area contributed by atoms with Crippen molar-refractivity contribution in [2.75, 3.05) is 39.4 Å². The van der Waals surface area contributed by atoms with Crippen LogP contribution in [0.3, 0.4) is 0 Å². The highest BCUT2D eigenvalue weighted by Gasteiger charge is 2.09.